The molecule has 9 heteroatoms. The number of aromatic amines is 2. The fourth-order valence-electron chi connectivity index (χ4n) is 3.45. The molecule has 7 nitrogen and oxygen atoms in total. The molecule has 160 valence electrons. The van der Waals surface area contributed by atoms with Crippen LogP contribution in [-0.4, -0.2) is 28.7 Å². The Bertz CT molecular complexity index is 1410. The predicted octanol–water partition coefficient (Wildman–Crippen LogP) is 3.10. The predicted molar refractivity (Wildman–Crippen MR) is 122 cm³/mol. The number of fused-ring (bicyclic) bond motifs is 1. The first-order valence-corrected chi connectivity index (χ1v) is 12.0. The maximum absolute atomic E-state index is 13.7. The summed E-state index contributed by atoms with van der Waals surface area (Å²) in [6.45, 7) is 2.11. The molecule has 0 saturated heterocycles. The van der Waals surface area contributed by atoms with E-state index in [0.29, 0.717) is 11.9 Å². The zero-order chi connectivity index (χ0) is 22.0. The molecule has 0 aliphatic heterocycles. The van der Waals surface area contributed by atoms with Crippen LogP contribution in [0.5, 0.6) is 0 Å². The van der Waals surface area contributed by atoms with Crippen molar-refractivity contribution in [2.45, 2.75) is 30.8 Å². The van der Waals surface area contributed by atoms with Crippen LogP contribution in [0.3, 0.4) is 0 Å². The molecule has 1 atom stereocenters. The Kier molecular flexibility index (Phi) is 5.90. The van der Waals surface area contributed by atoms with E-state index in [-0.39, 0.29) is 23.0 Å². The Hall–Kier alpha value is -3.01. The molecule has 0 amide bonds. The maximum atomic E-state index is 13.7. The number of hydrogen-bond donors (Lipinski definition) is 2. The van der Waals surface area contributed by atoms with E-state index in [4.69, 9.17) is 0 Å². The molecule has 0 bridgehead atoms. The van der Waals surface area contributed by atoms with Gasteiger partial charge in [-0.25, -0.2) is 8.42 Å². The molecule has 0 aliphatic carbocycles. The minimum absolute atomic E-state index is 0.0525. The molecule has 2 aromatic carbocycles. The summed E-state index contributed by atoms with van der Waals surface area (Å²) in [5.41, 5.74) is -0.101. The molecule has 2 aromatic heterocycles. The summed E-state index contributed by atoms with van der Waals surface area (Å²) in [7, 11) is -3.89. The van der Waals surface area contributed by atoms with Gasteiger partial charge in [-0.15, -0.1) is 11.3 Å². The zero-order valence-corrected chi connectivity index (χ0v) is 18.4. The number of hydrogen-bond acceptors (Lipinski definition) is 5. The van der Waals surface area contributed by atoms with Crippen molar-refractivity contribution in [3.63, 3.8) is 0 Å². The van der Waals surface area contributed by atoms with Crippen LogP contribution in [0.4, 0.5) is 0 Å². The van der Waals surface area contributed by atoms with Gasteiger partial charge in [0.05, 0.1) is 15.9 Å². The summed E-state index contributed by atoms with van der Waals surface area (Å²) in [5, 5.41) is 1.97. The third kappa shape index (κ3) is 4.53. The summed E-state index contributed by atoms with van der Waals surface area (Å²) >= 11 is 1.59. The van der Waals surface area contributed by atoms with Crippen LogP contribution in [-0.2, 0) is 23.0 Å². The largest absolute Gasteiger partial charge is 0.316 e. The van der Waals surface area contributed by atoms with Crippen molar-refractivity contribution in [1.82, 2.24) is 14.3 Å². The van der Waals surface area contributed by atoms with Gasteiger partial charge in [0.2, 0.25) is 10.0 Å². The molecule has 4 aromatic rings. The lowest BCUT2D eigenvalue weighted by Crippen LogP contribution is -2.39. The fourth-order valence-corrected chi connectivity index (χ4v) is 5.92. The Labute approximate surface area is 183 Å². The van der Waals surface area contributed by atoms with E-state index in [1.165, 1.54) is 22.5 Å². The van der Waals surface area contributed by atoms with E-state index in [9.17, 15) is 18.0 Å². The average molecular weight is 456 g/mol. The Balaban J connectivity index is 1.76. The summed E-state index contributed by atoms with van der Waals surface area (Å²) in [4.78, 5) is 29.3. The number of nitrogens with one attached hydrogen (secondary N) is 2. The molecule has 0 spiro atoms. The summed E-state index contributed by atoms with van der Waals surface area (Å²) in [5.74, 6) is 0. The molecule has 31 heavy (non-hydrogen) atoms. The smallest absolute Gasteiger partial charge is 0.314 e. The topological polar surface area (TPSA) is 103 Å². The second-order valence-corrected chi connectivity index (χ2v) is 10.2. The van der Waals surface area contributed by atoms with Gasteiger partial charge in [-0.3, -0.25) is 9.59 Å². The number of sulfonamides is 1. The van der Waals surface area contributed by atoms with Gasteiger partial charge >= 0.3 is 11.1 Å². The molecule has 0 saturated carbocycles. The fraction of sp³-hybridized carbons (Fsp3) is 0.182. The monoisotopic (exact) mass is 455 g/mol. The van der Waals surface area contributed by atoms with Crippen LogP contribution in [0, 0.1) is 0 Å². The minimum atomic E-state index is -3.89. The van der Waals surface area contributed by atoms with Crippen molar-refractivity contribution in [2.24, 2.45) is 0 Å². The Morgan fingerprint density at radius 3 is 2.32 bits per heavy atom. The number of thiophene rings is 1. The highest BCUT2D eigenvalue weighted by Gasteiger charge is 2.30. The zero-order valence-electron chi connectivity index (χ0n) is 16.7. The molecule has 2 N–H and O–H groups in total. The van der Waals surface area contributed by atoms with Crippen molar-refractivity contribution in [3.05, 3.63) is 97.2 Å². The first kappa shape index (κ1) is 21.2. The number of rotatable bonds is 7. The van der Waals surface area contributed by atoms with Gasteiger partial charge in [0.1, 0.15) is 0 Å². The number of H-pyrrole nitrogens is 2. The average Bonchev–Trinajstić information content (AvgIpc) is 3.26. The third-order valence-electron chi connectivity index (χ3n) is 5.05. The van der Waals surface area contributed by atoms with Crippen LogP contribution in [0.1, 0.15) is 17.4 Å². The third-order valence-corrected chi connectivity index (χ3v) is 7.90. The molecular formula is C22H21N3O4S2. The first-order valence-electron chi connectivity index (χ1n) is 9.69. The van der Waals surface area contributed by atoms with Gasteiger partial charge < -0.3 is 9.97 Å². The van der Waals surface area contributed by atoms with E-state index in [1.54, 1.807) is 11.3 Å². The second kappa shape index (κ2) is 8.62. The highest BCUT2D eigenvalue weighted by molar-refractivity contribution is 7.89. The highest BCUT2D eigenvalue weighted by Crippen LogP contribution is 2.25. The van der Waals surface area contributed by atoms with E-state index >= 15 is 0 Å². The van der Waals surface area contributed by atoms with Crippen LogP contribution >= 0.6 is 11.3 Å². The van der Waals surface area contributed by atoms with Crippen LogP contribution in [0.15, 0.2) is 80.5 Å². The molecule has 4 rings (SSSR count). The Morgan fingerprint density at radius 2 is 1.65 bits per heavy atom. The lowest BCUT2D eigenvalue weighted by atomic mass is 10.1. The van der Waals surface area contributed by atoms with Gasteiger partial charge in [-0.05, 0) is 48.6 Å². The van der Waals surface area contributed by atoms with Crippen molar-refractivity contribution >= 4 is 32.4 Å². The standard InChI is InChI=1S/C22H21N3O4S2/c1-15(12-17-8-5-11-30-17)25(14-16-6-3-2-4-7-16)31(28,29)18-9-10-19-20(13-18)24-22(27)21(26)23-19/h2-11,13,15H,12,14H2,1H3,(H,23,26)(H,24,27). The number of nitrogens with zero attached hydrogens (tertiary/aromatic N) is 1. The quantitative estimate of drug-likeness (QED) is 0.418. The summed E-state index contributed by atoms with van der Waals surface area (Å²) < 4.78 is 28.8. The van der Waals surface area contributed by atoms with E-state index in [1.807, 2.05) is 54.8 Å². The molecule has 1 unspecified atom stereocenters. The van der Waals surface area contributed by atoms with E-state index in [2.05, 4.69) is 9.97 Å². The lowest BCUT2D eigenvalue weighted by molar-refractivity contribution is 0.329. The van der Waals surface area contributed by atoms with E-state index < -0.39 is 21.1 Å². The maximum Gasteiger partial charge on any atom is 0.314 e. The number of aromatic nitrogens is 2. The van der Waals surface area contributed by atoms with Gasteiger partial charge in [-0.1, -0.05) is 36.4 Å². The van der Waals surface area contributed by atoms with Gasteiger partial charge in [-0.2, -0.15) is 4.31 Å². The van der Waals surface area contributed by atoms with Crippen LogP contribution < -0.4 is 11.1 Å². The molecule has 0 aliphatic rings. The normalized spacial score (nSPS) is 13.0. The van der Waals surface area contributed by atoms with Crippen LogP contribution in [0.25, 0.3) is 11.0 Å². The molecule has 0 radical (unpaired) electrons. The molecular weight excluding hydrogens is 434 g/mol. The minimum Gasteiger partial charge on any atom is -0.316 e. The van der Waals surface area contributed by atoms with Crippen LogP contribution in [0.2, 0.25) is 0 Å². The SMILES string of the molecule is CC(Cc1cccs1)N(Cc1ccccc1)S(=O)(=O)c1ccc2[nH]c(=O)c(=O)[nH]c2c1. The number of benzene rings is 2. The second-order valence-electron chi connectivity index (χ2n) is 7.28. The first-order chi connectivity index (χ1) is 14.8. The van der Waals surface area contributed by atoms with Gasteiger partial charge in [0, 0.05) is 17.5 Å². The van der Waals surface area contributed by atoms with Crippen molar-refractivity contribution in [2.75, 3.05) is 0 Å². The lowest BCUT2D eigenvalue weighted by Gasteiger charge is -2.28. The molecule has 2 heterocycles. The molecule has 0 fully saturated rings. The summed E-state index contributed by atoms with van der Waals surface area (Å²) in [6, 6.07) is 17.4. The highest BCUT2D eigenvalue weighted by atomic mass is 32.2. The van der Waals surface area contributed by atoms with Crippen molar-refractivity contribution in [1.29, 1.82) is 0 Å². The van der Waals surface area contributed by atoms with Crippen molar-refractivity contribution in [3.8, 4) is 0 Å². The van der Waals surface area contributed by atoms with Gasteiger partial charge in [0.15, 0.2) is 0 Å². The van der Waals surface area contributed by atoms with E-state index in [0.717, 1.165) is 10.4 Å². The Morgan fingerprint density at radius 1 is 0.935 bits per heavy atom. The van der Waals surface area contributed by atoms with Crippen molar-refractivity contribution < 1.29 is 8.42 Å². The summed E-state index contributed by atoms with van der Waals surface area (Å²) in [6.07, 6.45) is 0.585. The van der Waals surface area contributed by atoms with Gasteiger partial charge in [0.25, 0.3) is 0 Å².